The van der Waals surface area contributed by atoms with Crippen molar-refractivity contribution in [3.8, 4) is 27.6 Å². The van der Waals surface area contributed by atoms with Gasteiger partial charge in [-0.3, -0.25) is 9.59 Å². The first-order chi connectivity index (χ1) is 34.8. The number of fused-ring (bicyclic) bond motifs is 4. The van der Waals surface area contributed by atoms with Gasteiger partial charge in [0.15, 0.2) is 10.9 Å². The monoisotopic (exact) mass is 956 g/mol. The van der Waals surface area contributed by atoms with Crippen molar-refractivity contribution >= 4 is 84.1 Å². The Morgan fingerprint density at radius 1 is 0.535 bits per heavy atom. The number of nitrogens with zero attached hydrogens (tertiary/aromatic N) is 4. The molecule has 0 aliphatic heterocycles. The topological polar surface area (TPSA) is 108 Å². The lowest BCUT2D eigenvalue weighted by molar-refractivity contribution is -0.132. The van der Waals surface area contributed by atoms with Crippen molar-refractivity contribution in [3.63, 3.8) is 0 Å². The van der Waals surface area contributed by atoms with Gasteiger partial charge < -0.3 is 19.1 Å². The molecule has 0 spiro atoms. The zero-order valence-corrected chi connectivity index (χ0v) is 41.5. The van der Waals surface area contributed by atoms with Gasteiger partial charge in [0.1, 0.15) is 11.6 Å². The van der Waals surface area contributed by atoms with Gasteiger partial charge in [0.05, 0.1) is 22.1 Å². The van der Waals surface area contributed by atoms with E-state index in [0.29, 0.717) is 39.5 Å². The van der Waals surface area contributed by atoms with Crippen LogP contribution in [0.4, 0.5) is 17.1 Å². The number of rotatable bonds is 21. The number of carbonyl (C=O) groups is 1. The van der Waals surface area contributed by atoms with Crippen LogP contribution in [0.1, 0.15) is 95.8 Å². The molecule has 358 valence electrons. The largest absolute Gasteiger partial charge is 0.477 e. The second-order valence-electron chi connectivity index (χ2n) is 18.6. The average molecular weight is 957 g/mol. The molecule has 0 bridgehead atoms. The molecule has 0 unspecified atom stereocenters. The minimum atomic E-state index is -1.27. The number of carboxylic acids is 1. The second kappa shape index (κ2) is 22.5. The summed E-state index contributed by atoms with van der Waals surface area (Å²) < 4.78 is 4.53. The van der Waals surface area contributed by atoms with Crippen LogP contribution < -0.4 is 15.8 Å². The van der Waals surface area contributed by atoms with Gasteiger partial charge in [0, 0.05) is 61.5 Å². The second-order valence-corrected chi connectivity index (χ2v) is 19.7. The van der Waals surface area contributed by atoms with Crippen LogP contribution in [0.3, 0.4) is 0 Å². The summed E-state index contributed by atoms with van der Waals surface area (Å²) in [6.45, 7) is 5.85. The maximum Gasteiger partial charge on any atom is 0.346 e. The summed E-state index contributed by atoms with van der Waals surface area (Å²) in [6, 6.07) is 50.9. The maximum absolute atomic E-state index is 15.2. The number of para-hydroxylation sites is 2. The first-order valence-electron chi connectivity index (χ1n) is 25.3. The minimum absolute atomic E-state index is 0.0482. The van der Waals surface area contributed by atoms with Gasteiger partial charge >= 0.3 is 5.97 Å². The number of hydrogen-bond donors (Lipinski definition) is 1. The average Bonchev–Trinajstić information content (AvgIpc) is 3.88. The zero-order chi connectivity index (χ0) is 49.3. The van der Waals surface area contributed by atoms with Crippen LogP contribution in [0.2, 0.25) is 0 Å². The van der Waals surface area contributed by atoms with Crippen molar-refractivity contribution in [2.24, 2.45) is 0 Å². The van der Waals surface area contributed by atoms with Crippen molar-refractivity contribution in [2.75, 3.05) is 4.90 Å². The van der Waals surface area contributed by atoms with Crippen LogP contribution in [0.25, 0.3) is 71.3 Å². The summed E-state index contributed by atoms with van der Waals surface area (Å²) in [5.74, 6) is -1.27. The predicted molar refractivity (Wildman–Crippen MR) is 296 cm³/mol. The number of nitriles is 1. The van der Waals surface area contributed by atoms with Crippen LogP contribution in [0.5, 0.6) is 0 Å². The molecular formula is C62H60N4O4S. The van der Waals surface area contributed by atoms with E-state index in [0.717, 1.165) is 99.2 Å². The van der Waals surface area contributed by atoms with E-state index in [1.54, 1.807) is 12.1 Å². The molecule has 0 aliphatic rings. The van der Waals surface area contributed by atoms with E-state index in [1.165, 1.54) is 55.9 Å². The Kier molecular flexibility index (Phi) is 15.3. The lowest BCUT2D eigenvalue weighted by Gasteiger charge is -2.25. The first kappa shape index (κ1) is 48.5. The minimum Gasteiger partial charge on any atom is -0.477 e. The van der Waals surface area contributed by atoms with Gasteiger partial charge in [-0.1, -0.05) is 139 Å². The van der Waals surface area contributed by atoms with Crippen LogP contribution in [-0.2, 0) is 17.9 Å². The van der Waals surface area contributed by atoms with Gasteiger partial charge in [-0.15, -0.1) is 11.3 Å². The third-order valence-corrected chi connectivity index (χ3v) is 14.8. The third-order valence-electron chi connectivity index (χ3n) is 13.8. The lowest BCUT2D eigenvalue weighted by Crippen LogP contribution is -2.16. The van der Waals surface area contributed by atoms with Crippen molar-refractivity contribution in [1.82, 2.24) is 9.13 Å². The van der Waals surface area contributed by atoms with Crippen LogP contribution >= 0.6 is 11.3 Å². The summed E-state index contributed by atoms with van der Waals surface area (Å²) in [6.07, 6.45) is 14.8. The van der Waals surface area contributed by atoms with E-state index in [1.807, 2.05) is 48.5 Å². The Balaban J connectivity index is 1.18. The highest BCUT2D eigenvalue weighted by molar-refractivity contribution is 7.16. The van der Waals surface area contributed by atoms with Gasteiger partial charge in [0.25, 0.3) is 0 Å². The van der Waals surface area contributed by atoms with Crippen molar-refractivity contribution in [2.45, 2.75) is 104 Å². The maximum atomic E-state index is 15.2. The summed E-state index contributed by atoms with van der Waals surface area (Å²) in [7, 11) is 0. The summed E-state index contributed by atoms with van der Waals surface area (Å²) in [5.41, 5.74) is 8.68. The third kappa shape index (κ3) is 10.5. The van der Waals surface area contributed by atoms with E-state index >= 15 is 9.59 Å². The molecule has 3 heterocycles. The number of benzene rings is 6. The van der Waals surface area contributed by atoms with Crippen LogP contribution in [-0.4, -0.2) is 20.2 Å². The van der Waals surface area contributed by atoms with Crippen LogP contribution in [0.15, 0.2) is 161 Å². The molecule has 8 nitrogen and oxygen atoms in total. The molecule has 9 aromatic rings. The number of aliphatic carboxylic acids is 1. The Labute approximate surface area is 419 Å². The Morgan fingerprint density at radius 3 is 1.49 bits per heavy atom. The highest BCUT2D eigenvalue weighted by atomic mass is 32.1. The number of anilines is 3. The highest BCUT2D eigenvalue weighted by Gasteiger charge is 2.20. The predicted octanol–water partition coefficient (Wildman–Crippen LogP) is 16.2. The van der Waals surface area contributed by atoms with E-state index in [-0.39, 0.29) is 16.4 Å². The normalized spacial score (nSPS) is 11.8. The molecule has 9 heteroatoms. The Bertz CT molecular complexity index is 3510. The summed E-state index contributed by atoms with van der Waals surface area (Å²) >= 11 is 1.37. The van der Waals surface area contributed by atoms with Crippen molar-refractivity contribution in [3.05, 3.63) is 176 Å². The first-order valence-corrected chi connectivity index (χ1v) is 26.2. The van der Waals surface area contributed by atoms with Crippen molar-refractivity contribution < 1.29 is 9.90 Å². The number of carboxylic acid groups (broad SMARTS) is 1. The number of thiophene rings is 1. The molecule has 0 radical (unpaired) electrons. The number of pyridine rings is 2. The number of hydrogen-bond acceptors (Lipinski definition) is 6. The standard InChI is InChI=1S/C62H60N4O4S/c1-3-5-7-9-11-19-35-64-55-32-27-44(43-25-29-49(30-26-43)66(47-21-15-13-16-22-47)48-23-17-14-18-24-48)38-51(55)60(67)53-40-58-54(41-57(53)64)61(68)52-39-45(59-34-31-50(71-59)37-46(42-63)62(69)70)28-33-56(52)65(58)36-20-12-10-8-6-4-2/h13-18,21-34,37-41H,3-12,19-20,35-36H2,1-2H3,(H,69,70)/b46-37+. The quantitative estimate of drug-likeness (QED) is 0.0333. The van der Waals surface area contributed by atoms with Crippen LogP contribution in [0, 0.1) is 11.3 Å². The summed E-state index contributed by atoms with van der Waals surface area (Å²) in [4.78, 5) is 45.5. The molecule has 0 aliphatic carbocycles. The molecule has 6 aromatic carbocycles. The number of unbranched alkanes of at least 4 members (excludes halogenated alkanes) is 10. The molecular weight excluding hydrogens is 897 g/mol. The molecule has 0 saturated heterocycles. The molecule has 1 N–H and O–H groups in total. The van der Waals surface area contributed by atoms with E-state index in [2.05, 4.69) is 119 Å². The van der Waals surface area contributed by atoms with Gasteiger partial charge in [0.2, 0.25) is 0 Å². The Morgan fingerprint density at radius 2 is 0.986 bits per heavy atom. The molecule has 71 heavy (non-hydrogen) atoms. The number of aromatic nitrogens is 2. The van der Waals surface area contributed by atoms with Gasteiger partial charge in [-0.05, 0) is 121 Å². The lowest BCUT2D eigenvalue weighted by atomic mass is 9.99. The zero-order valence-electron chi connectivity index (χ0n) is 40.7. The molecule has 3 aromatic heterocycles. The molecule has 9 rings (SSSR count). The molecule has 0 fully saturated rings. The fourth-order valence-corrected chi connectivity index (χ4v) is 11.0. The fourth-order valence-electron chi connectivity index (χ4n) is 10.0. The van der Waals surface area contributed by atoms with Gasteiger partial charge in [-0.2, -0.15) is 5.26 Å². The molecule has 0 saturated carbocycles. The SMILES string of the molecule is CCCCCCCCn1c2ccc(-c3ccc(N(c4ccccc4)c4ccccc4)cc3)cc2c(=O)c2cc3c(cc21)c(=O)c1cc(-c2ccc(/C=C(\C#N)C(=O)O)s2)ccc1n3CCCCCCCC. The Hall–Kier alpha value is -7.54. The highest BCUT2D eigenvalue weighted by Crippen LogP contribution is 2.37. The van der Waals surface area contributed by atoms with E-state index < -0.39 is 5.97 Å². The number of aryl methyl sites for hydroxylation is 2. The van der Waals surface area contributed by atoms with E-state index in [9.17, 15) is 15.2 Å². The van der Waals surface area contributed by atoms with Gasteiger partial charge in [-0.25, -0.2) is 4.79 Å². The fraction of sp³-hybridized carbons (Fsp3) is 0.258. The molecule has 0 amide bonds. The van der Waals surface area contributed by atoms with E-state index in [4.69, 9.17) is 0 Å². The molecule has 0 atom stereocenters. The van der Waals surface area contributed by atoms with Crippen molar-refractivity contribution in [1.29, 1.82) is 5.26 Å². The smallest absolute Gasteiger partial charge is 0.346 e. The summed E-state index contributed by atoms with van der Waals surface area (Å²) in [5, 5.41) is 21.3.